The number of rotatable bonds is 4. The molecule has 0 unspecified atom stereocenters. The molecule has 1 saturated carbocycles. The van der Waals surface area contributed by atoms with E-state index in [2.05, 4.69) is 29.1 Å². The molecule has 2 N–H and O–H groups in total. The zero-order valence-electron chi connectivity index (χ0n) is 13.7. The minimum Gasteiger partial charge on any atom is -0.353 e. The van der Waals surface area contributed by atoms with Gasteiger partial charge in [-0.05, 0) is 36.5 Å². The van der Waals surface area contributed by atoms with Crippen LogP contribution in [0.5, 0.6) is 0 Å². The maximum absolute atomic E-state index is 12.3. The van der Waals surface area contributed by atoms with Crippen molar-refractivity contribution in [2.75, 3.05) is 0 Å². The lowest BCUT2D eigenvalue weighted by Crippen LogP contribution is -2.34. The van der Waals surface area contributed by atoms with Crippen molar-refractivity contribution in [3.8, 4) is 0 Å². The Labute approximate surface area is 135 Å². The Morgan fingerprint density at radius 1 is 1.35 bits per heavy atom. The minimum atomic E-state index is -0.179. The van der Waals surface area contributed by atoms with Crippen molar-refractivity contribution in [2.45, 2.75) is 57.9 Å². The monoisotopic (exact) mass is 313 g/mol. The zero-order chi connectivity index (χ0) is 16.4. The Balaban J connectivity index is 1.80. The third-order valence-electron chi connectivity index (χ3n) is 4.49. The van der Waals surface area contributed by atoms with E-state index in [0.29, 0.717) is 22.6 Å². The normalized spacial score (nSPS) is 15.4. The van der Waals surface area contributed by atoms with Crippen molar-refractivity contribution < 1.29 is 4.79 Å². The van der Waals surface area contributed by atoms with E-state index in [0.717, 1.165) is 18.4 Å². The van der Waals surface area contributed by atoms with Crippen molar-refractivity contribution in [3.63, 3.8) is 0 Å². The summed E-state index contributed by atoms with van der Waals surface area (Å²) in [6.45, 7) is 4.18. The topological polar surface area (TPSA) is 74.8 Å². The van der Waals surface area contributed by atoms with E-state index in [4.69, 9.17) is 0 Å². The van der Waals surface area contributed by atoms with Gasteiger partial charge in [0.1, 0.15) is 5.82 Å². The first-order valence-electron chi connectivity index (χ1n) is 8.35. The average molecular weight is 313 g/mol. The lowest BCUT2D eigenvalue weighted by molar-refractivity contribution is -0.121. The first-order valence-corrected chi connectivity index (χ1v) is 8.35. The fourth-order valence-corrected chi connectivity index (χ4v) is 3.15. The molecule has 5 heteroatoms. The Morgan fingerprint density at radius 3 is 2.78 bits per heavy atom. The predicted octanol–water partition coefficient (Wildman–Crippen LogP) is 2.65. The summed E-state index contributed by atoms with van der Waals surface area (Å²) in [6, 6.07) is 6.01. The van der Waals surface area contributed by atoms with E-state index in [9.17, 15) is 9.59 Å². The van der Waals surface area contributed by atoms with Crippen LogP contribution in [0.15, 0.2) is 23.0 Å². The molecule has 0 spiro atoms. The summed E-state index contributed by atoms with van der Waals surface area (Å²) >= 11 is 0. The van der Waals surface area contributed by atoms with Gasteiger partial charge < -0.3 is 10.3 Å². The van der Waals surface area contributed by atoms with Crippen LogP contribution in [0.4, 0.5) is 0 Å². The van der Waals surface area contributed by atoms with Gasteiger partial charge in [-0.1, -0.05) is 32.8 Å². The van der Waals surface area contributed by atoms with Gasteiger partial charge in [-0.3, -0.25) is 9.59 Å². The van der Waals surface area contributed by atoms with E-state index in [1.54, 1.807) is 0 Å². The number of aromatic amines is 1. The molecule has 23 heavy (non-hydrogen) atoms. The number of hydrogen-bond donors (Lipinski definition) is 2. The van der Waals surface area contributed by atoms with Gasteiger partial charge in [-0.2, -0.15) is 0 Å². The molecular weight excluding hydrogens is 290 g/mol. The molecular formula is C18H23N3O2. The number of aromatic nitrogens is 2. The lowest BCUT2D eigenvalue weighted by atomic mass is 10.0. The summed E-state index contributed by atoms with van der Waals surface area (Å²) in [7, 11) is 0. The van der Waals surface area contributed by atoms with Gasteiger partial charge in [0.2, 0.25) is 5.91 Å². The van der Waals surface area contributed by atoms with Crippen LogP contribution >= 0.6 is 0 Å². The first kappa shape index (κ1) is 15.7. The molecule has 1 aromatic heterocycles. The van der Waals surface area contributed by atoms with Crippen LogP contribution < -0.4 is 10.9 Å². The number of carbonyl (C=O) groups is 1. The van der Waals surface area contributed by atoms with E-state index < -0.39 is 0 Å². The minimum absolute atomic E-state index is 0.0711. The molecule has 2 aromatic rings. The van der Waals surface area contributed by atoms with Crippen LogP contribution in [-0.2, 0) is 11.2 Å². The molecule has 1 amide bonds. The fourth-order valence-electron chi connectivity index (χ4n) is 3.15. The highest BCUT2D eigenvalue weighted by molar-refractivity contribution is 5.81. The average Bonchev–Trinajstić information content (AvgIpc) is 2.99. The molecule has 0 radical (unpaired) electrons. The second-order valence-electron chi connectivity index (χ2n) is 6.67. The molecule has 3 rings (SSSR count). The Kier molecular flexibility index (Phi) is 4.46. The Hall–Kier alpha value is -2.17. The molecule has 0 atom stereocenters. The maximum atomic E-state index is 12.3. The SMILES string of the molecule is CC(C)c1ccc2nc(CC(=O)NC3CCCC3)[nH]c(=O)c2c1. The van der Waals surface area contributed by atoms with Crippen LogP contribution in [0.3, 0.4) is 0 Å². The van der Waals surface area contributed by atoms with Gasteiger partial charge in [0.15, 0.2) is 0 Å². The van der Waals surface area contributed by atoms with E-state index in [1.165, 1.54) is 12.8 Å². The number of benzene rings is 1. The molecule has 0 saturated heterocycles. The van der Waals surface area contributed by atoms with E-state index in [-0.39, 0.29) is 23.9 Å². The lowest BCUT2D eigenvalue weighted by Gasteiger charge is -2.12. The van der Waals surface area contributed by atoms with Crippen LogP contribution in [-0.4, -0.2) is 21.9 Å². The number of nitrogens with one attached hydrogen (secondary N) is 2. The van der Waals surface area contributed by atoms with Crippen molar-refractivity contribution in [1.82, 2.24) is 15.3 Å². The van der Waals surface area contributed by atoms with Crippen molar-refractivity contribution in [2.24, 2.45) is 0 Å². The summed E-state index contributed by atoms with van der Waals surface area (Å²) < 4.78 is 0. The summed E-state index contributed by atoms with van der Waals surface area (Å²) in [5.74, 6) is 0.712. The molecule has 1 aliphatic carbocycles. The van der Waals surface area contributed by atoms with E-state index in [1.807, 2.05) is 18.2 Å². The number of fused-ring (bicyclic) bond motifs is 1. The second kappa shape index (κ2) is 6.52. The van der Waals surface area contributed by atoms with Crippen LogP contribution in [0, 0.1) is 0 Å². The standard InChI is InChI=1S/C18H23N3O2/c1-11(2)12-7-8-15-14(9-12)18(23)21-16(20-15)10-17(22)19-13-5-3-4-6-13/h7-9,11,13H,3-6,10H2,1-2H3,(H,19,22)(H,20,21,23). The Morgan fingerprint density at radius 2 is 2.09 bits per heavy atom. The smallest absolute Gasteiger partial charge is 0.258 e. The second-order valence-corrected chi connectivity index (χ2v) is 6.67. The molecule has 1 aromatic carbocycles. The number of carbonyl (C=O) groups excluding carboxylic acids is 1. The van der Waals surface area contributed by atoms with Crippen LogP contribution in [0.25, 0.3) is 10.9 Å². The van der Waals surface area contributed by atoms with Gasteiger partial charge in [0.05, 0.1) is 17.3 Å². The molecule has 1 aliphatic rings. The predicted molar refractivity (Wildman–Crippen MR) is 90.6 cm³/mol. The summed E-state index contributed by atoms with van der Waals surface area (Å²) in [5.41, 5.74) is 1.57. The third-order valence-corrected chi connectivity index (χ3v) is 4.49. The highest BCUT2D eigenvalue weighted by Gasteiger charge is 2.18. The quantitative estimate of drug-likeness (QED) is 0.911. The van der Waals surface area contributed by atoms with Gasteiger partial charge in [0.25, 0.3) is 5.56 Å². The van der Waals surface area contributed by atoms with Crippen molar-refractivity contribution >= 4 is 16.8 Å². The largest absolute Gasteiger partial charge is 0.353 e. The molecule has 1 fully saturated rings. The summed E-state index contributed by atoms with van der Waals surface area (Å²) in [6.07, 6.45) is 4.56. The highest BCUT2D eigenvalue weighted by atomic mass is 16.1. The van der Waals surface area contributed by atoms with Crippen molar-refractivity contribution in [3.05, 3.63) is 39.9 Å². The van der Waals surface area contributed by atoms with Crippen LogP contribution in [0.2, 0.25) is 0 Å². The zero-order valence-corrected chi connectivity index (χ0v) is 13.7. The first-order chi connectivity index (χ1) is 11.0. The summed E-state index contributed by atoms with van der Waals surface area (Å²) in [4.78, 5) is 31.5. The van der Waals surface area contributed by atoms with Gasteiger partial charge in [-0.25, -0.2) is 4.98 Å². The Bertz CT molecular complexity index is 773. The molecule has 5 nitrogen and oxygen atoms in total. The van der Waals surface area contributed by atoms with Gasteiger partial charge >= 0.3 is 0 Å². The van der Waals surface area contributed by atoms with Gasteiger partial charge in [0, 0.05) is 6.04 Å². The van der Waals surface area contributed by atoms with Crippen LogP contribution in [0.1, 0.15) is 56.8 Å². The van der Waals surface area contributed by atoms with Gasteiger partial charge in [-0.15, -0.1) is 0 Å². The molecule has 0 bridgehead atoms. The molecule has 0 aliphatic heterocycles. The molecule has 122 valence electrons. The summed E-state index contributed by atoms with van der Waals surface area (Å²) in [5, 5.41) is 3.60. The third kappa shape index (κ3) is 3.60. The number of amides is 1. The fraction of sp³-hybridized carbons (Fsp3) is 0.500. The highest BCUT2D eigenvalue weighted by Crippen LogP contribution is 2.19. The number of nitrogens with zero attached hydrogens (tertiary/aromatic N) is 1. The van der Waals surface area contributed by atoms with E-state index >= 15 is 0 Å². The molecule has 1 heterocycles. The number of hydrogen-bond acceptors (Lipinski definition) is 3. The maximum Gasteiger partial charge on any atom is 0.258 e. The number of H-pyrrole nitrogens is 1. The van der Waals surface area contributed by atoms with Crippen molar-refractivity contribution in [1.29, 1.82) is 0 Å².